The number of anilines is 2. The number of sulfonamides is 2. The summed E-state index contributed by atoms with van der Waals surface area (Å²) in [5.74, 6) is 0.468. The lowest BCUT2D eigenvalue weighted by molar-refractivity contribution is 0.600. The SMILES string of the molecule is CC(C)Cc1ccc(S(=O)(=O)Nc2ccc(S(=O)(=O)Nc3cc(Cl)cc(Cl)c3)cc2)cc1. The van der Waals surface area contributed by atoms with E-state index in [4.69, 9.17) is 23.2 Å². The fourth-order valence-electron chi connectivity index (χ4n) is 3.02. The van der Waals surface area contributed by atoms with Crippen molar-refractivity contribution in [3.8, 4) is 0 Å². The van der Waals surface area contributed by atoms with Gasteiger partial charge in [0.2, 0.25) is 0 Å². The summed E-state index contributed by atoms with van der Waals surface area (Å²) >= 11 is 11.8. The van der Waals surface area contributed by atoms with Gasteiger partial charge in [0.05, 0.1) is 15.5 Å². The van der Waals surface area contributed by atoms with Crippen molar-refractivity contribution < 1.29 is 16.8 Å². The number of benzene rings is 3. The number of rotatable bonds is 8. The molecule has 32 heavy (non-hydrogen) atoms. The molecular weight excluding hydrogens is 491 g/mol. The second kappa shape index (κ2) is 9.70. The predicted molar refractivity (Wildman–Crippen MR) is 130 cm³/mol. The summed E-state index contributed by atoms with van der Waals surface area (Å²) < 4.78 is 55.4. The number of hydrogen-bond donors (Lipinski definition) is 2. The van der Waals surface area contributed by atoms with E-state index in [0.29, 0.717) is 5.92 Å². The Balaban J connectivity index is 1.74. The van der Waals surface area contributed by atoms with E-state index in [9.17, 15) is 16.8 Å². The lowest BCUT2D eigenvalue weighted by Crippen LogP contribution is -2.14. The van der Waals surface area contributed by atoms with Crippen LogP contribution in [0.3, 0.4) is 0 Å². The molecular formula is C22H22Cl2N2O4S2. The second-order valence-electron chi connectivity index (χ2n) is 7.64. The van der Waals surface area contributed by atoms with E-state index >= 15 is 0 Å². The molecule has 10 heteroatoms. The highest BCUT2D eigenvalue weighted by Crippen LogP contribution is 2.25. The molecule has 170 valence electrons. The van der Waals surface area contributed by atoms with Gasteiger partial charge in [-0.1, -0.05) is 49.2 Å². The average molecular weight is 513 g/mol. The molecule has 6 nitrogen and oxygen atoms in total. The molecule has 0 heterocycles. The molecule has 0 fully saturated rings. The summed E-state index contributed by atoms with van der Waals surface area (Å²) in [6, 6.07) is 16.4. The quantitative estimate of drug-likeness (QED) is 0.399. The van der Waals surface area contributed by atoms with E-state index in [1.54, 1.807) is 24.3 Å². The van der Waals surface area contributed by atoms with Gasteiger partial charge in [-0.3, -0.25) is 9.44 Å². The minimum atomic E-state index is -3.92. The van der Waals surface area contributed by atoms with Gasteiger partial charge in [0.1, 0.15) is 0 Å². The average Bonchev–Trinajstić information content (AvgIpc) is 2.67. The Morgan fingerprint density at radius 2 is 1.12 bits per heavy atom. The van der Waals surface area contributed by atoms with Crippen LogP contribution in [0.25, 0.3) is 0 Å². The Kier molecular flexibility index (Phi) is 7.39. The van der Waals surface area contributed by atoms with Gasteiger partial charge in [-0.2, -0.15) is 0 Å². The maximum absolute atomic E-state index is 12.7. The van der Waals surface area contributed by atoms with Crippen molar-refractivity contribution >= 4 is 54.6 Å². The fourth-order valence-corrected chi connectivity index (χ4v) is 5.64. The first-order chi connectivity index (χ1) is 14.9. The van der Waals surface area contributed by atoms with Crippen molar-refractivity contribution in [2.75, 3.05) is 9.44 Å². The second-order valence-corrected chi connectivity index (χ2v) is 11.9. The zero-order chi connectivity index (χ0) is 23.5. The van der Waals surface area contributed by atoms with Crippen LogP contribution in [-0.4, -0.2) is 16.8 Å². The van der Waals surface area contributed by atoms with Crippen LogP contribution in [0.5, 0.6) is 0 Å². The molecule has 0 unspecified atom stereocenters. The highest BCUT2D eigenvalue weighted by atomic mass is 35.5. The van der Waals surface area contributed by atoms with E-state index in [-0.39, 0.29) is 31.2 Å². The van der Waals surface area contributed by atoms with Crippen molar-refractivity contribution in [3.05, 3.63) is 82.3 Å². The third kappa shape index (κ3) is 6.38. The Hall–Kier alpha value is -2.26. The number of hydrogen-bond acceptors (Lipinski definition) is 4. The first-order valence-electron chi connectivity index (χ1n) is 9.65. The van der Waals surface area contributed by atoms with Gasteiger partial charge in [0.25, 0.3) is 20.0 Å². The molecule has 3 rings (SSSR count). The van der Waals surface area contributed by atoms with Crippen LogP contribution >= 0.6 is 23.2 Å². The zero-order valence-corrected chi connectivity index (χ0v) is 20.5. The van der Waals surface area contributed by atoms with Crippen LogP contribution in [0, 0.1) is 5.92 Å². The molecule has 0 aromatic heterocycles. The van der Waals surface area contributed by atoms with E-state index in [1.807, 2.05) is 0 Å². The zero-order valence-electron chi connectivity index (χ0n) is 17.3. The van der Waals surface area contributed by atoms with Crippen molar-refractivity contribution in [2.24, 2.45) is 5.92 Å². The van der Waals surface area contributed by atoms with Crippen LogP contribution in [0.1, 0.15) is 19.4 Å². The lowest BCUT2D eigenvalue weighted by Gasteiger charge is -2.11. The normalized spacial score (nSPS) is 12.0. The van der Waals surface area contributed by atoms with E-state index in [1.165, 1.54) is 42.5 Å². The third-order valence-corrected chi connectivity index (χ3v) is 7.64. The minimum absolute atomic E-state index is 0.0467. The van der Waals surface area contributed by atoms with Crippen LogP contribution in [0.2, 0.25) is 10.0 Å². The van der Waals surface area contributed by atoms with Gasteiger partial charge < -0.3 is 0 Å². The van der Waals surface area contributed by atoms with E-state index in [0.717, 1.165) is 12.0 Å². The maximum atomic E-state index is 12.7. The minimum Gasteiger partial charge on any atom is -0.280 e. The highest BCUT2D eigenvalue weighted by molar-refractivity contribution is 7.93. The van der Waals surface area contributed by atoms with Crippen LogP contribution in [-0.2, 0) is 26.5 Å². The molecule has 0 radical (unpaired) electrons. The summed E-state index contributed by atoms with van der Waals surface area (Å²) in [6.07, 6.45) is 0.860. The first-order valence-corrected chi connectivity index (χ1v) is 13.4. The monoisotopic (exact) mass is 512 g/mol. The van der Waals surface area contributed by atoms with Gasteiger partial charge in [-0.05, 0) is 72.5 Å². The summed E-state index contributed by atoms with van der Waals surface area (Å²) in [5.41, 5.74) is 1.51. The number of halogens is 2. The molecule has 0 aliphatic carbocycles. The van der Waals surface area contributed by atoms with Gasteiger partial charge in [-0.25, -0.2) is 16.8 Å². The Bertz CT molecular complexity index is 1290. The van der Waals surface area contributed by atoms with Crippen LogP contribution < -0.4 is 9.44 Å². The van der Waals surface area contributed by atoms with Crippen molar-refractivity contribution in [2.45, 2.75) is 30.1 Å². The number of nitrogens with one attached hydrogen (secondary N) is 2. The standard InChI is InChI=1S/C22H22Cl2N2O4S2/c1-15(2)11-16-3-7-21(8-4-16)31(27,28)25-19-5-9-22(10-6-19)32(29,30)26-20-13-17(23)12-18(24)14-20/h3-10,12-15,25-26H,11H2,1-2H3. The molecule has 3 aromatic carbocycles. The molecule has 0 amide bonds. The predicted octanol–water partition coefficient (Wildman–Crippen LogP) is 5.79. The largest absolute Gasteiger partial charge is 0.280 e. The summed E-state index contributed by atoms with van der Waals surface area (Å²) in [7, 11) is -7.73. The van der Waals surface area contributed by atoms with Gasteiger partial charge >= 0.3 is 0 Å². The molecule has 0 saturated carbocycles. The molecule has 3 aromatic rings. The highest BCUT2D eigenvalue weighted by Gasteiger charge is 2.17. The molecule has 0 aliphatic heterocycles. The molecule has 0 spiro atoms. The molecule has 0 aliphatic rings. The summed E-state index contributed by atoms with van der Waals surface area (Å²) in [5, 5.41) is 0.578. The first kappa shape index (κ1) is 24.4. The van der Waals surface area contributed by atoms with Crippen molar-refractivity contribution in [1.82, 2.24) is 0 Å². The van der Waals surface area contributed by atoms with Gasteiger partial charge in [-0.15, -0.1) is 0 Å². The Labute approximate surface area is 198 Å². The fraction of sp³-hybridized carbons (Fsp3) is 0.182. The Morgan fingerprint density at radius 3 is 1.59 bits per heavy atom. The Morgan fingerprint density at radius 1 is 0.688 bits per heavy atom. The van der Waals surface area contributed by atoms with Crippen LogP contribution in [0.4, 0.5) is 11.4 Å². The molecule has 2 N–H and O–H groups in total. The van der Waals surface area contributed by atoms with Gasteiger partial charge in [0, 0.05) is 15.7 Å². The maximum Gasteiger partial charge on any atom is 0.261 e. The van der Waals surface area contributed by atoms with Crippen molar-refractivity contribution in [1.29, 1.82) is 0 Å². The third-order valence-electron chi connectivity index (χ3n) is 4.41. The van der Waals surface area contributed by atoms with Crippen LogP contribution in [0.15, 0.2) is 76.5 Å². The summed E-state index contributed by atoms with van der Waals surface area (Å²) in [6.45, 7) is 4.19. The summed E-state index contributed by atoms with van der Waals surface area (Å²) in [4.78, 5) is 0.0794. The topological polar surface area (TPSA) is 92.3 Å². The lowest BCUT2D eigenvalue weighted by atomic mass is 10.0. The smallest absolute Gasteiger partial charge is 0.261 e. The molecule has 0 saturated heterocycles. The van der Waals surface area contributed by atoms with E-state index < -0.39 is 20.0 Å². The van der Waals surface area contributed by atoms with E-state index in [2.05, 4.69) is 23.3 Å². The molecule has 0 bridgehead atoms. The molecule has 0 atom stereocenters. The van der Waals surface area contributed by atoms with Gasteiger partial charge in [0.15, 0.2) is 0 Å². The van der Waals surface area contributed by atoms with Crippen molar-refractivity contribution in [3.63, 3.8) is 0 Å².